The molecule has 0 aromatic rings. The van der Waals surface area contributed by atoms with Gasteiger partial charge in [0, 0.05) is 21.8 Å². The predicted molar refractivity (Wildman–Crippen MR) is 85.6 cm³/mol. The largest absolute Gasteiger partial charge is 0.330 e. The lowest BCUT2D eigenvalue weighted by atomic mass is 9.69. The molecule has 1 aliphatic rings. The SMILES string of the molecule is CCC(C)CS(=O)C1CC(C(C)(C)C)CCC1CN. The predicted octanol–water partition coefficient (Wildman–Crippen LogP) is 3.57. The second-order valence-corrected chi connectivity index (χ2v) is 9.17. The normalized spacial score (nSPS) is 32.0. The van der Waals surface area contributed by atoms with E-state index < -0.39 is 10.8 Å². The molecule has 1 saturated carbocycles. The minimum atomic E-state index is -0.702. The minimum Gasteiger partial charge on any atom is -0.330 e. The van der Waals surface area contributed by atoms with Gasteiger partial charge in [-0.25, -0.2) is 0 Å². The highest BCUT2D eigenvalue weighted by Gasteiger charge is 2.38. The van der Waals surface area contributed by atoms with Gasteiger partial charge in [-0.05, 0) is 49.0 Å². The summed E-state index contributed by atoms with van der Waals surface area (Å²) in [5.74, 6) is 2.59. The monoisotopic (exact) mass is 287 g/mol. The van der Waals surface area contributed by atoms with Crippen molar-refractivity contribution in [2.24, 2.45) is 28.9 Å². The van der Waals surface area contributed by atoms with Crippen molar-refractivity contribution in [2.45, 2.75) is 65.6 Å². The Kier molecular flexibility index (Phi) is 6.52. The summed E-state index contributed by atoms with van der Waals surface area (Å²) in [7, 11) is -0.702. The van der Waals surface area contributed by atoms with Crippen LogP contribution < -0.4 is 5.73 Å². The molecule has 2 nitrogen and oxygen atoms in total. The van der Waals surface area contributed by atoms with E-state index in [0.29, 0.717) is 35.0 Å². The van der Waals surface area contributed by atoms with Crippen molar-refractivity contribution in [1.29, 1.82) is 0 Å². The molecule has 0 spiro atoms. The molecule has 1 rings (SSSR count). The fraction of sp³-hybridized carbons (Fsp3) is 1.00. The van der Waals surface area contributed by atoms with Crippen LogP contribution in [0.1, 0.15) is 60.3 Å². The van der Waals surface area contributed by atoms with Crippen molar-refractivity contribution in [2.75, 3.05) is 12.3 Å². The Morgan fingerprint density at radius 2 is 1.95 bits per heavy atom. The molecule has 0 saturated heterocycles. The quantitative estimate of drug-likeness (QED) is 0.840. The Balaban J connectivity index is 2.72. The number of rotatable bonds is 5. The van der Waals surface area contributed by atoms with Gasteiger partial charge in [-0.15, -0.1) is 0 Å². The van der Waals surface area contributed by atoms with E-state index in [1.807, 2.05) is 0 Å². The Morgan fingerprint density at radius 1 is 1.32 bits per heavy atom. The summed E-state index contributed by atoms with van der Waals surface area (Å²) in [6.07, 6.45) is 4.64. The first-order valence-electron chi connectivity index (χ1n) is 7.86. The van der Waals surface area contributed by atoms with Crippen molar-refractivity contribution in [3.05, 3.63) is 0 Å². The first-order valence-corrected chi connectivity index (χ1v) is 9.25. The highest BCUT2D eigenvalue weighted by atomic mass is 32.2. The molecule has 0 aromatic carbocycles. The number of hydrogen-bond donors (Lipinski definition) is 1. The summed E-state index contributed by atoms with van der Waals surface area (Å²) in [6, 6.07) is 0. The van der Waals surface area contributed by atoms with E-state index in [1.165, 1.54) is 6.42 Å². The Bertz CT molecular complexity index is 298. The molecular formula is C16H33NOS. The summed E-state index contributed by atoms with van der Waals surface area (Å²) >= 11 is 0. The summed E-state index contributed by atoms with van der Waals surface area (Å²) in [4.78, 5) is 0. The summed E-state index contributed by atoms with van der Waals surface area (Å²) in [6.45, 7) is 12.0. The van der Waals surface area contributed by atoms with Gasteiger partial charge in [0.25, 0.3) is 0 Å². The van der Waals surface area contributed by atoms with Crippen molar-refractivity contribution < 1.29 is 4.21 Å². The summed E-state index contributed by atoms with van der Waals surface area (Å²) in [5, 5.41) is 0.331. The van der Waals surface area contributed by atoms with E-state index in [-0.39, 0.29) is 0 Å². The third-order valence-corrected chi connectivity index (χ3v) is 7.09. The van der Waals surface area contributed by atoms with E-state index in [1.54, 1.807) is 0 Å². The topological polar surface area (TPSA) is 43.1 Å². The maximum Gasteiger partial charge on any atom is 0.0391 e. The Labute approximate surface area is 122 Å². The minimum absolute atomic E-state index is 0.331. The molecule has 0 aliphatic heterocycles. The van der Waals surface area contributed by atoms with Crippen LogP contribution in [0.5, 0.6) is 0 Å². The van der Waals surface area contributed by atoms with Crippen LogP contribution in [0.4, 0.5) is 0 Å². The van der Waals surface area contributed by atoms with Gasteiger partial charge in [0.2, 0.25) is 0 Å². The van der Waals surface area contributed by atoms with E-state index in [9.17, 15) is 4.21 Å². The average molecular weight is 288 g/mol. The standard InChI is InChI=1S/C16H33NOS/c1-6-12(2)11-19(18)15-9-14(16(3,4)5)8-7-13(15)10-17/h12-15H,6-11,17H2,1-5H3. The van der Waals surface area contributed by atoms with Gasteiger partial charge in [-0.1, -0.05) is 41.0 Å². The van der Waals surface area contributed by atoms with Crippen LogP contribution in [0.15, 0.2) is 0 Å². The molecular weight excluding hydrogens is 254 g/mol. The van der Waals surface area contributed by atoms with Crippen LogP contribution in [0, 0.1) is 23.2 Å². The molecule has 1 aliphatic carbocycles. The van der Waals surface area contributed by atoms with Crippen molar-refractivity contribution in [1.82, 2.24) is 0 Å². The number of nitrogens with two attached hydrogens (primary N) is 1. The van der Waals surface area contributed by atoms with E-state index in [2.05, 4.69) is 34.6 Å². The van der Waals surface area contributed by atoms with Crippen LogP contribution in [0.3, 0.4) is 0 Å². The second kappa shape index (κ2) is 7.21. The lowest BCUT2D eigenvalue weighted by Gasteiger charge is -2.41. The lowest BCUT2D eigenvalue weighted by Crippen LogP contribution is -2.41. The van der Waals surface area contributed by atoms with Gasteiger partial charge in [0.1, 0.15) is 0 Å². The van der Waals surface area contributed by atoms with Crippen molar-refractivity contribution in [3.8, 4) is 0 Å². The third kappa shape index (κ3) is 4.86. The molecule has 0 bridgehead atoms. The molecule has 2 N–H and O–H groups in total. The van der Waals surface area contributed by atoms with Crippen LogP contribution in [0.2, 0.25) is 0 Å². The molecule has 5 unspecified atom stereocenters. The zero-order valence-electron chi connectivity index (χ0n) is 13.4. The van der Waals surface area contributed by atoms with Gasteiger partial charge >= 0.3 is 0 Å². The van der Waals surface area contributed by atoms with Gasteiger partial charge in [-0.2, -0.15) is 0 Å². The zero-order valence-corrected chi connectivity index (χ0v) is 14.3. The molecule has 0 heterocycles. The zero-order chi connectivity index (χ0) is 14.6. The molecule has 0 amide bonds. The highest BCUT2D eigenvalue weighted by molar-refractivity contribution is 7.85. The van der Waals surface area contributed by atoms with Gasteiger partial charge in [0.15, 0.2) is 0 Å². The maximum absolute atomic E-state index is 12.7. The summed E-state index contributed by atoms with van der Waals surface area (Å²) < 4.78 is 12.7. The first-order chi connectivity index (χ1) is 8.79. The Morgan fingerprint density at radius 3 is 2.42 bits per heavy atom. The number of hydrogen-bond acceptors (Lipinski definition) is 2. The molecule has 0 aromatic heterocycles. The van der Waals surface area contributed by atoms with Gasteiger partial charge < -0.3 is 5.73 Å². The smallest absolute Gasteiger partial charge is 0.0391 e. The third-order valence-electron chi connectivity index (χ3n) is 4.94. The molecule has 1 fully saturated rings. The highest BCUT2D eigenvalue weighted by Crippen LogP contribution is 2.41. The van der Waals surface area contributed by atoms with E-state index >= 15 is 0 Å². The second-order valence-electron chi connectivity index (χ2n) is 7.47. The maximum atomic E-state index is 12.7. The van der Waals surface area contributed by atoms with Crippen LogP contribution in [0.25, 0.3) is 0 Å². The molecule has 19 heavy (non-hydrogen) atoms. The first kappa shape index (κ1) is 17.2. The lowest BCUT2D eigenvalue weighted by molar-refractivity contribution is 0.156. The molecule has 0 radical (unpaired) electrons. The van der Waals surface area contributed by atoms with E-state index in [4.69, 9.17) is 5.73 Å². The average Bonchev–Trinajstić information content (AvgIpc) is 2.36. The molecule has 5 atom stereocenters. The molecule has 114 valence electrons. The fourth-order valence-electron chi connectivity index (χ4n) is 3.09. The van der Waals surface area contributed by atoms with Crippen molar-refractivity contribution in [3.63, 3.8) is 0 Å². The Hall–Kier alpha value is 0.110. The summed E-state index contributed by atoms with van der Waals surface area (Å²) in [5.41, 5.74) is 6.25. The van der Waals surface area contributed by atoms with Crippen LogP contribution in [-0.2, 0) is 10.8 Å². The fourth-order valence-corrected chi connectivity index (χ4v) is 5.26. The van der Waals surface area contributed by atoms with Crippen LogP contribution in [-0.4, -0.2) is 21.8 Å². The van der Waals surface area contributed by atoms with Gasteiger partial charge in [-0.3, -0.25) is 4.21 Å². The molecule has 3 heteroatoms. The van der Waals surface area contributed by atoms with Crippen molar-refractivity contribution >= 4 is 10.8 Å². The van der Waals surface area contributed by atoms with E-state index in [0.717, 1.165) is 25.0 Å². The van der Waals surface area contributed by atoms with Gasteiger partial charge in [0.05, 0.1) is 0 Å². The van der Waals surface area contributed by atoms with Crippen LogP contribution >= 0.6 is 0 Å².